The van der Waals surface area contributed by atoms with Crippen LogP contribution in [-0.2, 0) is 4.79 Å². The lowest BCUT2D eigenvalue weighted by Gasteiger charge is -2.48. The van der Waals surface area contributed by atoms with Crippen molar-refractivity contribution in [1.82, 2.24) is 14.9 Å². The fourth-order valence-corrected chi connectivity index (χ4v) is 4.12. The molecule has 2 aliphatic rings. The van der Waals surface area contributed by atoms with Gasteiger partial charge in [-0.3, -0.25) is 4.79 Å². The van der Waals surface area contributed by atoms with Crippen LogP contribution in [0.4, 0.5) is 5.82 Å². The van der Waals surface area contributed by atoms with Crippen LogP contribution in [0.3, 0.4) is 0 Å². The van der Waals surface area contributed by atoms with Gasteiger partial charge in [-0.2, -0.15) is 0 Å². The van der Waals surface area contributed by atoms with Gasteiger partial charge in [0.2, 0.25) is 5.91 Å². The van der Waals surface area contributed by atoms with Crippen molar-refractivity contribution in [1.29, 1.82) is 0 Å². The van der Waals surface area contributed by atoms with Crippen LogP contribution in [0.15, 0.2) is 12.4 Å². The number of carbonyl (C=O) groups is 1. The molecule has 3 heterocycles. The summed E-state index contributed by atoms with van der Waals surface area (Å²) < 4.78 is 5.40. The number of aromatic nitrogens is 2. The summed E-state index contributed by atoms with van der Waals surface area (Å²) >= 11 is 0. The summed E-state index contributed by atoms with van der Waals surface area (Å²) in [5.74, 6) is 2.36. The van der Waals surface area contributed by atoms with E-state index in [2.05, 4.69) is 33.6 Å². The van der Waals surface area contributed by atoms with Crippen LogP contribution >= 0.6 is 0 Å². The number of hydrogen-bond donors (Lipinski definition) is 0. The van der Waals surface area contributed by atoms with Crippen molar-refractivity contribution in [3.8, 4) is 5.88 Å². The van der Waals surface area contributed by atoms with Crippen LogP contribution in [-0.4, -0.2) is 54.1 Å². The molecule has 2 fully saturated rings. The second-order valence-electron chi connectivity index (χ2n) is 7.91. The van der Waals surface area contributed by atoms with Crippen molar-refractivity contribution in [2.45, 2.75) is 46.0 Å². The number of anilines is 1. The highest BCUT2D eigenvalue weighted by molar-refractivity contribution is 5.77. The van der Waals surface area contributed by atoms with Crippen molar-refractivity contribution in [3.05, 3.63) is 12.4 Å². The molecule has 0 saturated carbocycles. The number of nitrogens with zero attached hydrogens (tertiary/aromatic N) is 4. The fourth-order valence-electron chi connectivity index (χ4n) is 4.12. The van der Waals surface area contributed by atoms with Crippen LogP contribution in [0.2, 0.25) is 0 Å². The molecule has 0 N–H and O–H groups in total. The highest BCUT2D eigenvalue weighted by Crippen LogP contribution is 2.41. The molecule has 1 aromatic rings. The van der Waals surface area contributed by atoms with Crippen LogP contribution in [0.5, 0.6) is 5.88 Å². The molecule has 2 aliphatic heterocycles. The van der Waals surface area contributed by atoms with E-state index < -0.39 is 0 Å². The highest BCUT2D eigenvalue weighted by Gasteiger charge is 2.42. The standard InChI is InChI=1S/C19H30N4O2/c1-15(2)6-12-22-13-19(8-5-16(22)24)7-4-11-23(14-19)17-18(25-3)21-10-9-20-17/h9-10,15H,4-8,11-14H2,1-3H3. The summed E-state index contributed by atoms with van der Waals surface area (Å²) in [4.78, 5) is 25.5. The van der Waals surface area contributed by atoms with Crippen LogP contribution in [0.1, 0.15) is 46.0 Å². The molecule has 0 bridgehead atoms. The average Bonchev–Trinajstić information content (AvgIpc) is 2.63. The average molecular weight is 346 g/mol. The zero-order valence-corrected chi connectivity index (χ0v) is 15.7. The van der Waals surface area contributed by atoms with Crippen molar-refractivity contribution in [2.24, 2.45) is 11.3 Å². The van der Waals surface area contributed by atoms with Gasteiger partial charge in [-0.05, 0) is 31.6 Å². The molecule has 0 radical (unpaired) electrons. The van der Waals surface area contributed by atoms with E-state index in [1.807, 2.05) is 0 Å². The number of carbonyl (C=O) groups excluding carboxylic acids is 1. The predicted molar refractivity (Wildman–Crippen MR) is 97.7 cm³/mol. The number of piperidine rings is 2. The molecule has 0 aliphatic carbocycles. The quantitative estimate of drug-likeness (QED) is 0.820. The first-order valence-electron chi connectivity index (χ1n) is 9.41. The van der Waals surface area contributed by atoms with Gasteiger partial charge < -0.3 is 14.5 Å². The van der Waals surface area contributed by atoms with Gasteiger partial charge in [0.1, 0.15) is 0 Å². The monoisotopic (exact) mass is 346 g/mol. The second kappa shape index (κ2) is 7.58. The summed E-state index contributed by atoms with van der Waals surface area (Å²) in [5, 5.41) is 0. The lowest BCUT2D eigenvalue weighted by molar-refractivity contribution is -0.138. The highest BCUT2D eigenvalue weighted by atomic mass is 16.5. The molecule has 6 nitrogen and oxygen atoms in total. The Bertz CT molecular complexity index is 607. The Kier molecular flexibility index (Phi) is 5.45. The molecule has 1 spiro atoms. The minimum atomic E-state index is 0.172. The maximum Gasteiger partial charge on any atom is 0.257 e. The van der Waals surface area contributed by atoms with Crippen LogP contribution in [0.25, 0.3) is 0 Å². The molecular weight excluding hydrogens is 316 g/mol. The van der Waals surface area contributed by atoms with Crippen molar-refractivity contribution in [3.63, 3.8) is 0 Å². The predicted octanol–water partition coefficient (Wildman–Crippen LogP) is 2.74. The van der Waals surface area contributed by atoms with Crippen molar-refractivity contribution in [2.75, 3.05) is 38.2 Å². The molecule has 1 amide bonds. The summed E-state index contributed by atoms with van der Waals surface area (Å²) in [6.07, 6.45) is 8.40. The van der Waals surface area contributed by atoms with Crippen LogP contribution in [0, 0.1) is 11.3 Å². The zero-order chi connectivity index (χ0) is 17.9. The molecule has 138 valence electrons. The summed E-state index contributed by atoms with van der Waals surface area (Å²) in [6, 6.07) is 0. The molecule has 1 unspecified atom stereocenters. The number of ether oxygens (including phenoxy) is 1. The number of amides is 1. The summed E-state index contributed by atoms with van der Waals surface area (Å²) in [5.41, 5.74) is 0.172. The first-order valence-corrected chi connectivity index (χ1v) is 9.41. The third kappa shape index (κ3) is 4.05. The maximum atomic E-state index is 12.4. The van der Waals surface area contributed by atoms with Gasteiger partial charge in [0.25, 0.3) is 5.88 Å². The van der Waals surface area contributed by atoms with E-state index in [-0.39, 0.29) is 5.41 Å². The molecule has 1 aromatic heterocycles. The lowest BCUT2D eigenvalue weighted by Crippen LogP contribution is -2.54. The van der Waals surface area contributed by atoms with Gasteiger partial charge in [0.05, 0.1) is 7.11 Å². The first kappa shape index (κ1) is 18.0. The largest absolute Gasteiger partial charge is 0.478 e. The summed E-state index contributed by atoms with van der Waals surface area (Å²) in [6.45, 7) is 8.08. The van der Waals surface area contributed by atoms with Gasteiger partial charge in [-0.1, -0.05) is 13.8 Å². The Morgan fingerprint density at radius 1 is 1.24 bits per heavy atom. The molecule has 3 rings (SSSR count). The number of methoxy groups -OCH3 is 1. The Balaban J connectivity index is 1.74. The molecular formula is C19H30N4O2. The zero-order valence-electron chi connectivity index (χ0n) is 15.7. The van der Waals surface area contributed by atoms with Crippen LogP contribution < -0.4 is 9.64 Å². The van der Waals surface area contributed by atoms with E-state index in [1.165, 1.54) is 6.42 Å². The Labute approximate surface area is 150 Å². The van der Waals surface area contributed by atoms with E-state index in [9.17, 15) is 4.79 Å². The molecule has 6 heteroatoms. The third-order valence-corrected chi connectivity index (χ3v) is 5.53. The summed E-state index contributed by atoms with van der Waals surface area (Å²) in [7, 11) is 1.64. The van der Waals surface area contributed by atoms with E-state index >= 15 is 0 Å². The van der Waals surface area contributed by atoms with Crippen molar-refractivity contribution >= 4 is 11.7 Å². The molecule has 25 heavy (non-hydrogen) atoms. The van der Waals surface area contributed by atoms with Gasteiger partial charge in [0, 0.05) is 50.4 Å². The normalized spacial score (nSPS) is 24.2. The number of hydrogen-bond acceptors (Lipinski definition) is 5. The van der Waals surface area contributed by atoms with E-state index in [1.54, 1.807) is 19.5 Å². The van der Waals surface area contributed by atoms with Gasteiger partial charge in [0.15, 0.2) is 5.82 Å². The van der Waals surface area contributed by atoms with E-state index in [0.29, 0.717) is 24.1 Å². The SMILES string of the molecule is COc1nccnc1N1CCCC2(CCC(=O)N(CCC(C)C)C2)C1. The topological polar surface area (TPSA) is 58.6 Å². The van der Waals surface area contributed by atoms with Gasteiger partial charge in [-0.25, -0.2) is 9.97 Å². The Morgan fingerprint density at radius 2 is 2.04 bits per heavy atom. The lowest BCUT2D eigenvalue weighted by atomic mass is 9.73. The van der Waals surface area contributed by atoms with Crippen molar-refractivity contribution < 1.29 is 9.53 Å². The van der Waals surface area contributed by atoms with Gasteiger partial charge >= 0.3 is 0 Å². The Hall–Kier alpha value is -1.85. The second-order valence-corrected chi connectivity index (χ2v) is 7.91. The smallest absolute Gasteiger partial charge is 0.257 e. The van der Waals surface area contributed by atoms with E-state index in [4.69, 9.17) is 4.74 Å². The third-order valence-electron chi connectivity index (χ3n) is 5.53. The maximum absolute atomic E-state index is 12.4. The molecule has 0 aromatic carbocycles. The number of likely N-dealkylation sites (tertiary alicyclic amines) is 1. The van der Waals surface area contributed by atoms with E-state index in [0.717, 1.165) is 51.3 Å². The molecule has 1 atom stereocenters. The number of rotatable bonds is 5. The fraction of sp³-hybridized carbons (Fsp3) is 0.737. The minimum absolute atomic E-state index is 0.172. The minimum Gasteiger partial charge on any atom is -0.478 e. The molecule has 2 saturated heterocycles. The first-order chi connectivity index (χ1) is 12.0. The van der Waals surface area contributed by atoms with Gasteiger partial charge in [-0.15, -0.1) is 0 Å². The Morgan fingerprint density at radius 3 is 2.80 bits per heavy atom.